The van der Waals surface area contributed by atoms with Gasteiger partial charge in [0.1, 0.15) is 0 Å². The number of rotatable bonds is 0. The first kappa shape index (κ1) is 23.8. The quantitative estimate of drug-likeness (QED) is 0.215. The molecule has 3 heteroatoms. The van der Waals surface area contributed by atoms with Crippen molar-refractivity contribution in [1.29, 1.82) is 0 Å². The van der Waals surface area contributed by atoms with Gasteiger partial charge in [0.05, 0.1) is 0 Å². The van der Waals surface area contributed by atoms with Crippen LogP contribution in [0.15, 0.2) is 42.5 Å². The zero-order chi connectivity index (χ0) is 15.4. The Hall–Kier alpha value is -0.240. The molecule has 0 fully saturated rings. The maximum atomic E-state index is 2.35. The number of hydrogen-bond acceptors (Lipinski definition) is 0. The molecule has 0 amide bonds. The maximum Gasteiger partial charge on any atom is 0 e. The summed E-state index contributed by atoms with van der Waals surface area (Å²) in [5, 5.41) is 5.48. The molecule has 0 saturated heterocycles. The van der Waals surface area contributed by atoms with E-state index in [0.29, 0.717) is 0 Å². The summed E-state index contributed by atoms with van der Waals surface area (Å²) < 4.78 is 0. The van der Waals surface area contributed by atoms with Crippen molar-refractivity contribution in [2.75, 3.05) is 0 Å². The smallest absolute Gasteiger partial charge is 0 e. The molecule has 0 radical (unpaired) electrons. The zero-order valence-corrected chi connectivity index (χ0v) is 20.6. The monoisotopic (exact) mass is 529 g/mol. The fourth-order valence-corrected chi connectivity index (χ4v) is 2.96. The Bertz CT molecular complexity index is 749. The van der Waals surface area contributed by atoms with Gasteiger partial charge in [-0.2, -0.15) is 0 Å². The third-order valence-corrected chi connectivity index (χ3v) is 4.44. The summed E-state index contributed by atoms with van der Waals surface area (Å²) >= 11 is 0. The summed E-state index contributed by atoms with van der Waals surface area (Å²) in [5.74, 6) is 0. The molecule has 0 N–H and O–H groups in total. The van der Waals surface area contributed by atoms with Gasteiger partial charge in [-0.15, -0.1) is 64.6 Å². The molecule has 3 aromatic rings. The largest absolute Gasteiger partial charge is 0.147 e. The Morgan fingerprint density at radius 3 is 1.25 bits per heavy atom. The molecule has 0 saturated carbocycles. The molecule has 0 unspecified atom stereocenters. The first-order chi connectivity index (χ1) is 9.66. The number of halogens is 2. The molecule has 0 bridgehead atoms. The summed E-state index contributed by atoms with van der Waals surface area (Å²) in [6, 6.07) is 16.2. The fraction of sp³-hybridized carbons (Fsp3) is 0.381. The van der Waals surface area contributed by atoms with Crippen molar-refractivity contribution in [2.45, 2.75) is 52.4 Å². The predicted octanol–water partition coefficient (Wildman–Crippen LogP) is 7.15. The maximum absolute atomic E-state index is 2.35. The van der Waals surface area contributed by atoms with Crippen LogP contribution >= 0.6 is 24.8 Å². The van der Waals surface area contributed by atoms with Gasteiger partial charge in [0.25, 0.3) is 0 Å². The molecule has 3 aromatic carbocycles. The van der Waals surface area contributed by atoms with Crippen LogP contribution in [-0.2, 0) is 36.7 Å². The summed E-state index contributed by atoms with van der Waals surface area (Å²) in [5.41, 5.74) is 3.21. The Morgan fingerprint density at radius 2 is 0.958 bits per heavy atom. The van der Waals surface area contributed by atoms with E-state index in [-0.39, 0.29) is 61.5 Å². The summed E-state index contributed by atoms with van der Waals surface area (Å²) in [6.07, 6.45) is 0. The van der Waals surface area contributed by atoms with Gasteiger partial charge in [0.15, 0.2) is 0 Å². The average molecular weight is 529 g/mol. The van der Waals surface area contributed by atoms with Gasteiger partial charge in [0, 0.05) is 25.8 Å². The van der Waals surface area contributed by atoms with E-state index >= 15 is 0 Å². The minimum absolute atomic E-state index is 0. The van der Waals surface area contributed by atoms with Crippen LogP contribution in [0.1, 0.15) is 52.7 Å². The molecule has 0 aliphatic heterocycles. The molecule has 0 heterocycles. The third kappa shape index (κ3) is 4.48. The van der Waals surface area contributed by atoms with E-state index < -0.39 is 0 Å². The minimum Gasteiger partial charge on any atom is -0.147 e. The van der Waals surface area contributed by atoms with Crippen LogP contribution in [0.2, 0.25) is 0 Å². The van der Waals surface area contributed by atoms with E-state index in [9.17, 15) is 0 Å². The van der Waals surface area contributed by atoms with Crippen molar-refractivity contribution in [1.82, 2.24) is 0 Å². The van der Waals surface area contributed by atoms with E-state index in [2.05, 4.69) is 84.0 Å². The molecule has 24 heavy (non-hydrogen) atoms. The van der Waals surface area contributed by atoms with Gasteiger partial charge >= 0.3 is 0 Å². The van der Waals surface area contributed by atoms with Gasteiger partial charge in [-0.25, -0.2) is 0 Å². The second kappa shape index (κ2) is 7.98. The first-order valence-corrected chi connectivity index (χ1v) is 7.80. The van der Waals surface area contributed by atoms with Crippen LogP contribution in [0, 0.1) is 0 Å². The van der Waals surface area contributed by atoms with Crippen molar-refractivity contribution >= 4 is 46.4 Å². The second-order valence-electron chi connectivity index (χ2n) is 8.25. The van der Waals surface area contributed by atoms with E-state index in [1.54, 1.807) is 0 Å². The van der Waals surface area contributed by atoms with Gasteiger partial charge in [-0.05, 0) is 10.8 Å². The van der Waals surface area contributed by atoms with Gasteiger partial charge in [-0.1, -0.05) is 76.9 Å². The summed E-state index contributed by atoms with van der Waals surface area (Å²) in [4.78, 5) is 0. The normalized spacial score (nSPS) is 11.6. The topological polar surface area (TPSA) is 0 Å². The number of benzene rings is 2. The Labute approximate surface area is 177 Å². The zero-order valence-electron chi connectivity index (χ0n) is 15.4. The molecule has 3 rings (SSSR count). The Kier molecular flexibility index (Phi) is 7.90. The molecular formula is C21H27Cl2Hf-. The van der Waals surface area contributed by atoms with Gasteiger partial charge < -0.3 is 0 Å². The molecule has 0 nitrogen and oxygen atoms in total. The van der Waals surface area contributed by atoms with Crippen LogP contribution in [0.4, 0.5) is 0 Å². The summed E-state index contributed by atoms with van der Waals surface area (Å²) in [6.45, 7) is 13.6. The van der Waals surface area contributed by atoms with E-state index in [4.69, 9.17) is 0 Å². The van der Waals surface area contributed by atoms with Gasteiger partial charge in [0.2, 0.25) is 0 Å². The van der Waals surface area contributed by atoms with E-state index in [1.165, 1.54) is 32.7 Å². The van der Waals surface area contributed by atoms with Crippen LogP contribution in [0.5, 0.6) is 0 Å². The first-order valence-electron chi connectivity index (χ1n) is 7.80. The van der Waals surface area contributed by atoms with Crippen LogP contribution in [-0.4, -0.2) is 0 Å². The van der Waals surface area contributed by atoms with Crippen molar-refractivity contribution in [3.8, 4) is 0 Å². The van der Waals surface area contributed by atoms with E-state index in [0.717, 1.165) is 0 Å². The SMILES string of the molecule is CC(C)(C)c1ccc2c(c1)[cH-]c1cc(C(C)(C)C)ccc12.Cl.Cl.[Hf]. The second-order valence-corrected chi connectivity index (χ2v) is 8.25. The molecule has 0 atom stereocenters. The average Bonchev–Trinajstić information content (AvgIpc) is 2.73. The molecule has 0 aliphatic carbocycles. The number of fused-ring (bicyclic) bond motifs is 3. The number of hydrogen-bond donors (Lipinski definition) is 0. The summed E-state index contributed by atoms with van der Waals surface area (Å²) in [7, 11) is 0. The van der Waals surface area contributed by atoms with Crippen molar-refractivity contribution in [3.63, 3.8) is 0 Å². The van der Waals surface area contributed by atoms with Crippen LogP contribution < -0.4 is 0 Å². The molecule has 130 valence electrons. The van der Waals surface area contributed by atoms with Crippen LogP contribution in [0.25, 0.3) is 21.5 Å². The van der Waals surface area contributed by atoms with Gasteiger partial charge in [-0.3, -0.25) is 0 Å². The van der Waals surface area contributed by atoms with Crippen molar-refractivity contribution < 1.29 is 25.8 Å². The Balaban J connectivity index is 0.00000176. The standard InChI is InChI=1S/C21H25.2ClH.Hf/c1-20(2,3)16-7-9-18-14(12-16)11-15-13-17(21(4,5)6)8-10-19(15)18;;;/h7-13H,1-6H3;2*1H;/q-1;;;. The molecule has 0 aliphatic rings. The molecule has 0 aromatic heterocycles. The third-order valence-electron chi connectivity index (χ3n) is 4.44. The predicted molar refractivity (Wildman–Crippen MR) is 109 cm³/mol. The Morgan fingerprint density at radius 1 is 0.625 bits per heavy atom. The van der Waals surface area contributed by atoms with E-state index in [1.807, 2.05) is 0 Å². The molecular weight excluding hydrogens is 502 g/mol. The minimum atomic E-state index is 0. The van der Waals surface area contributed by atoms with Crippen molar-refractivity contribution in [2.24, 2.45) is 0 Å². The van der Waals surface area contributed by atoms with Crippen LogP contribution in [0.3, 0.4) is 0 Å². The van der Waals surface area contributed by atoms with Crippen molar-refractivity contribution in [3.05, 3.63) is 53.6 Å². The molecule has 0 spiro atoms. The fourth-order valence-electron chi connectivity index (χ4n) is 2.96.